The van der Waals surface area contributed by atoms with Crippen LogP contribution >= 0.6 is 0 Å². The van der Waals surface area contributed by atoms with Crippen molar-refractivity contribution in [3.05, 3.63) is 48.3 Å². The zero-order chi connectivity index (χ0) is 15.5. The van der Waals surface area contributed by atoms with Crippen molar-refractivity contribution in [1.82, 2.24) is 14.6 Å². The molecule has 3 rings (SSSR count). The van der Waals surface area contributed by atoms with Crippen molar-refractivity contribution >= 4 is 11.6 Å². The first kappa shape index (κ1) is 14.1. The number of carboxylic acids is 1. The molecule has 22 heavy (non-hydrogen) atoms. The Labute approximate surface area is 127 Å². The van der Waals surface area contributed by atoms with E-state index in [4.69, 9.17) is 4.74 Å². The van der Waals surface area contributed by atoms with Crippen molar-refractivity contribution in [2.45, 2.75) is 13.3 Å². The standard InChI is InChI=1S/C16H15N3O3/c1-2-22-13-7-4-3-6-11(13)15-12(10-14(20)21)16-17-8-5-9-19(16)18-15/h3-9H,2,10H2,1H3,(H,20,21). The minimum Gasteiger partial charge on any atom is -0.493 e. The van der Waals surface area contributed by atoms with Gasteiger partial charge in [-0.2, -0.15) is 5.10 Å². The SMILES string of the molecule is CCOc1ccccc1-c1nn2cccnc2c1CC(=O)O. The van der Waals surface area contributed by atoms with Gasteiger partial charge in [0.05, 0.1) is 13.0 Å². The van der Waals surface area contributed by atoms with Crippen LogP contribution in [0.25, 0.3) is 16.9 Å². The van der Waals surface area contributed by atoms with E-state index in [0.717, 1.165) is 5.56 Å². The second kappa shape index (κ2) is 5.85. The summed E-state index contributed by atoms with van der Waals surface area (Å²) in [5.74, 6) is -0.240. The molecule has 0 aliphatic carbocycles. The van der Waals surface area contributed by atoms with Gasteiger partial charge < -0.3 is 9.84 Å². The monoisotopic (exact) mass is 297 g/mol. The number of carbonyl (C=O) groups is 1. The van der Waals surface area contributed by atoms with Gasteiger partial charge in [0.25, 0.3) is 0 Å². The summed E-state index contributed by atoms with van der Waals surface area (Å²) in [5.41, 5.74) is 2.49. The average molecular weight is 297 g/mol. The predicted octanol–water partition coefficient (Wildman–Crippen LogP) is 2.42. The molecule has 1 aromatic carbocycles. The number of fused-ring (bicyclic) bond motifs is 1. The molecule has 0 aliphatic rings. The average Bonchev–Trinajstić information content (AvgIpc) is 2.86. The number of hydrogen-bond acceptors (Lipinski definition) is 4. The lowest BCUT2D eigenvalue weighted by Crippen LogP contribution is -2.02. The molecule has 112 valence electrons. The van der Waals surface area contributed by atoms with Crippen molar-refractivity contribution in [1.29, 1.82) is 0 Å². The molecule has 0 radical (unpaired) electrons. The third-order valence-corrected chi connectivity index (χ3v) is 3.26. The van der Waals surface area contributed by atoms with Crippen LogP contribution in [0.2, 0.25) is 0 Å². The van der Waals surface area contributed by atoms with Gasteiger partial charge in [-0.05, 0) is 25.1 Å². The summed E-state index contributed by atoms with van der Waals surface area (Å²) in [6, 6.07) is 9.22. The summed E-state index contributed by atoms with van der Waals surface area (Å²) in [7, 11) is 0. The summed E-state index contributed by atoms with van der Waals surface area (Å²) in [4.78, 5) is 15.5. The molecule has 0 bridgehead atoms. The molecule has 0 unspecified atom stereocenters. The van der Waals surface area contributed by atoms with Crippen molar-refractivity contribution in [3.63, 3.8) is 0 Å². The Balaban J connectivity index is 2.24. The van der Waals surface area contributed by atoms with Crippen LogP contribution in [0.4, 0.5) is 0 Å². The highest BCUT2D eigenvalue weighted by Crippen LogP contribution is 2.33. The van der Waals surface area contributed by atoms with E-state index in [0.29, 0.717) is 29.3 Å². The largest absolute Gasteiger partial charge is 0.493 e. The quantitative estimate of drug-likeness (QED) is 0.782. The van der Waals surface area contributed by atoms with Gasteiger partial charge in [-0.1, -0.05) is 12.1 Å². The fourth-order valence-corrected chi connectivity index (χ4v) is 2.41. The molecule has 2 heterocycles. The lowest BCUT2D eigenvalue weighted by atomic mass is 10.0. The fourth-order valence-electron chi connectivity index (χ4n) is 2.41. The van der Waals surface area contributed by atoms with E-state index < -0.39 is 5.97 Å². The molecule has 1 N–H and O–H groups in total. The van der Waals surface area contributed by atoms with Gasteiger partial charge in [0.1, 0.15) is 11.4 Å². The summed E-state index contributed by atoms with van der Waals surface area (Å²) >= 11 is 0. The zero-order valence-corrected chi connectivity index (χ0v) is 12.1. The molecule has 0 saturated heterocycles. The van der Waals surface area contributed by atoms with E-state index >= 15 is 0 Å². The molecule has 6 heteroatoms. The number of ether oxygens (including phenoxy) is 1. The molecule has 0 spiro atoms. The highest BCUT2D eigenvalue weighted by molar-refractivity contribution is 5.81. The summed E-state index contributed by atoms with van der Waals surface area (Å²) in [6.07, 6.45) is 3.23. The smallest absolute Gasteiger partial charge is 0.308 e. The van der Waals surface area contributed by atoms with Crippen LogP contribution in [0.15, 0.2) is 42.7 Å². The van der Waals surface area contributed by atoms with E-state index in [1.807, 2.05) is 31.2 Å². The maximum absolute atomic E-state index is 11.2. The Morgan fingerprint density at radius 3 is 2.91 bits per heavy atom. The van der Waals surface area contributed by atoms with E-state index in [9.17, 15) is 9.90 Å². The fraction of sp³-hybridized carbons (Fsp3) is 0.188. The number of aliphatic carboxylic acids is 1. The number of carboxylic acid groups (broad SMARTS) is 1. The van der Waals surface area contributed by atoms with Crippen molar-refractivity contribution < 1.29 is 14.6 Å². The molecule has 0 saturated carbocycles. The molecule has 0 amide bonds. The molecule has 0 fully saturated rings. The number of aromatic nitrogens is 3. The molecule has 6 nitrogen and oxygen atoms in total. The zero-order valence-electron chi connectivity index (χ0n) is 12.1. The van der Waals surface area contributed by atoms with Crippen molar-refractivity contribution in [2.24, 2.45) is 0 Å². The van der Waals surface area contributed by atoms with Crippen LogP contribution in [0.5, 0.6) is 5.75 Å². The van der Waals surface area contributed by atoms with Crippen LogP contribution < -0.4 is 4.74 Å². The number of nitrogens with zero attached hydrogens (tertiary/aromatic N) is 3. The van der Waals surface area contributed by atoms with Crippen LogP contribution in [0, 0.1) is 0 Å². The molecular weight excluding hydrogens is 282 g/mol. The van der Waals surface area contributed by atoms with Gasteiger partial charge in [0, 0.05) is 23.5 Å². The predicted molar refractivity (Wildman–Crippen MR) is 80.9 cm³/mol. The van der Waals surface area contributed by atoms with Gasteiger partial charge in [-0.25, -0.2) is 9.50 Å². The maximum atomic E-state index is 11.2. The van der Waals surface area contributed by atoms with Gasteiger partial charge in [0.2, 0.25) is 0 Å². The number of benzene rings is 1. The summed E-state index contributed by atoms with van der Waals surface area (Å²) in [6.45, 7) is 2.43. The summed E-state index contributed by atoms with van der Waals surface area (Å²) < 4.78 is 7.22. The Kier molecular flexibility index (Phi) is 3.74. The number of rotatable bonds is 5. The first-order valence-electron chi connectivity index (χ1n) is 6.97. The second-order valence-electron chi connectivity index (χ2n) is 4.71. The summed E-state index contributed by atoms with van der Waals surface area (Å²) in [5, 5.41) is 13.7. The third-order valence-electron chi connectivity index (χ3n) is 3.26. The molecule has 2 aromatic heterocycles. The van der Waals surface area contributed by atoms with Crippen LogP contribution in [-0.2, 0) is 11.2 Å². The van der Waals surface area contributed by atoms with Gasteiger partial charge >= 0.3 is 5.97 Å². The maximum Gasteiger partial charge on any atom is 0.308 e. The van der Waals surface area contributed by atoms with Gasteiger partial charge in [-0.3, -0.25) is 4.79 Å². The highest BCUT2D eigenvalue weighted by atomic mass is 16.5. The molecular formula is C16H15N3O3. The second-order valence-corrected chi connectivity index (χ2v) is 4.71. The highest BCUT2D eigenvalue weighted by Gasteiger charge is 2.20. The number of para-hydroxylation sites is 1. The third kappa shape index (κ3) is 2.50. The van der Waals surface area contributed by atoms with Crippen LogP contribution in [-0.4, -0.2) is 32.3 Å². The van der Waals surface area contributed by atoms with Crippen molar-refractivity contribution in [3.8, 4) is 17.0 Å². The van der Waals surface area contributed by atoms with E-state index in [2.05, 4.69) is 10.1 Å². The molecule has 0 atom stereocenters. The Morgan fingerprint density at radius 1 is 1.32 bits per heavy atom. The Bertz CT molecular complexity index is 826. The van der Waals surface area contributed by atoms with Gasteiger partial charge in [0.15, 0.2) is 5.65 Å². The lowest BCUT2D eigenvalue weighted by Gasteiger charge is -2.08. The lowest BCUT2D eigenvalue weighted by molar-refractivity contribution is -0.136. The minimum atomic E-state index is -0.921. The van der Waals surface area contributed by atoms with E-state index in [-0.39, 0.29) is 6.42 Å². The first-order valence-corrected chi connectivity index (χ1v) is 6.97. The van der Waals surface area contributed by atoms with Crippen molar-refractivity contribution in [2.75, 3.05) is 6.61 Å². The van der Waals surface area contributed by atoms with E-state index in [1.54, 1.807) is 23.0 Å². The normalized spacial score (nSPS) is 10.8. The van der Waals surface area contributed by atoms with Crippen LogP contribution in [0.3, 0.4) is 0 Å². The van der Waals surface area contributed by atoms with E-state index in [1.165, 1.54) is 0 Å². The molecule has 3 aromatic rings. The Morgan fingerprint density at radius 2 is 2.14 bits per heavy atom. The van der Waals surface area contributed by atoms with Crippen LogP contribution in [0.1, 0.15) is 12.5 Å². The topological polar surface area (TPSA) is 76.7 Å². The molecule has 0 aliphatic heterocycles. The number of hydrogen-bond donors (Lipinski definition) is 1. The van der Waals surface area contributed by atoms with Gasteiger partial charge in [-0.15, -0.1) is 0 Å². The first-order chi connectivity index (χ1) is 10.7. The minimum absolute atomic E-state index is 0.143. The Hall–Kier alpha value is -2.89.